The Kier molecular flexibility index (Phi) is 3.99. The molecule has 0 aliphatic rings. The van der Waals surface area contributed by atoms with Gasteiger partial charge in [-0.15, -0.1) is 0 Å². The molecule has 1 heterocycles. The lowest BCUT2D eigenvalue weighted by molar-refractivity contribution is 0.0697. The van der Waals surface area contributed by atoms with E-state index >= 15 is 0 Å². The van der Waals surface area contributed by atoms with Crippen molar-refractivity contribution in [1.82, 2.24) is 9.13 Å². The number of nitrogens with zero attached hydrogens (tertiary/aromatic N) is 3. The van der Waals surface area contributed by atoms with Gasteiger partial charge < -0.3 is 5.11 Å². The van der Waals surface area contributed by atoms with Crippen LogP contribution < -0.4 is 5.69 Å². The summed E-state index contributed by atoms with van der Waals surface area (Å²) >= 11 is 0. The molecule has 0 fully saturated rings. The largest absolute Gasteiger partial charge is 0.478 e. The third kappa shape index (κ3) is 2.83. The predicted octanol–water partition coefficient (Wildman–Crippen LogP) is 2.64. The minimum atomic E-state index is -1.01. The van der Waals surface area contributed by atoms with E-state index in [-0.39, 0.29) is 11.3 Å². The minimum Gasteiger partial charge on any atom is -0.478 e. The Morgan fingerprint density at radius 2 is 1.64 bits per heavy atom. The summed E-state index contributed by atoms with van der Waals surface area (Å²) in [6.45, 7) is 0. The number of aryl methyl sites for hydroxylation is 2. The minimum absolute atomic E-state index is 0.110. The summed E-state index contributed by atoms with van der Waals surface area (Å²) in [5.74, 6) is -1.01. The normalized spacial score (nSPS) is 11.5. The number of fused-ring (bicyclic) bond motifs is 1. The summed E-state index contributed by atoms with van der Waals surface area (Å²) in [6, 6.07) is 13.8. The first kappa shape index (κ1) is 16.3. The predicted molar refractivity (Wildman–Crippen MR) is 95.0 cm³/mol. The first-order valence-corrected chi connectivity index (χ1v) is 7.53. The van der Waals surface area contributed by atoms with Crippen LogP contribution in [0.15, 0.2) is 47.3 Å². The zero-order chi connectivity index (χ0) is 18.1. The molecule has 0 spiro atoms. The van der Waals surface area contributed by atoms with Gasteiger partial charge in [0.25, 0.3) is 0 Å². The van der Waals surface area contributed by atoms with E-state index in [1.165, 1.54) is 12.1 Å². The van der Waals surface area contributed by atoms with Gasteiger partial charge in [0, 0.05) is 14.1 Å². The van der Waals surface area contributed by atoms with Gasteiger partial charge in [0.2, 0.25) is 0 Å². The first-order valence-electron chi connectivity index (χ1n) is 7.53. The Balaban J connectivity index is 2.07. The number of hydrogen-bond acceptors (Lipinski definition) is 3. The van der Waals surface area contributed by atoms with E-state index in [4.69, 9.17) is 5.11 Å². The molecule has 2 aromatic carbocycles. The molecule has 0 saturated heterocycles. The van der Waals surface area contributed by atoms with Crippen molar-refractivity contribution in [2.75, 3.05) is 0 Å². The van der Waals surface area contributed by atoms with Gasteiger partial charge in [-0.3, -0.25) is 9.13 Å². The van der Waals surface area contributed by atoms with Crippen molar-refractivity contribution >= 4 is 28.7 Å². The number of aromatic carboxylic acids is 1. The molecule has 0 bridgehead atoms. The van der Waals surface area contributed by atoms with Gasteiger partial charge in [-0.1, -0.05) is 18.2 Å². The van der Waals surface area contributed by atoms with Gasteiger partial charge in [0.05, 0.1) is 28.2 Å². The first-order chi connectivity index (χ1) is 11.9. The van der Waals surface area contributed by atoms with Crippen LogP contribution in [-0.4, -0.2) is 20.2 Å². The Morgan fingerprint density at radius 1 is 1.04 bits per heavy atom. The summed E-state index contributed by atoms with van der Waals surface area (Å²) in [5.41, 5.74) is 3.48. The molecule has 1 aromatic heterocycles. The number of aromatic nitrogens is 2. The second-order valence-corrected chi connectivity index (χ2v) is 5.70. The molecule has 0 saturated carbocycles. The molecule has 1 N–H and O–H groups in total. The van der Waals surface area contributed by atoms with Crippen LogP contribution in [0.5, 0.6) is 0 Å². The zero-order valence-electron chi connectivity index (χ0n) is 13.7. The number of allylic oxidation sites excluding steroid dienone is 1. The third-order valence-electron chi connectivity index (χ3n) is 4.17. The maximum Gasteiger partial charge on any atom is 0.335 e. The van der Waals surface area contributed by atoms with E-state index in [2.05, 4.69) is 6.07 Å². The summed E-state index contributed by atoms with van der Waals surface area (Å²) in [5, 5.41) is 18.4. The Bertz CT molecular complexity index is 1110. The number of imidazole rings is 1. The van der Waals surface area contributed by atoms with Crippen LogP contribution in [0.25, 0.3) is 22.7 Å². The van der Waals surface area contributed by atoms with Crippen LogP contribution in [-0.2, 0) is 14.1 Å². The lowest BCUT2D eigenvalue weighted by Gasteiger charge is -2.02. The molecule has 0 aliphatic heterocycles. The lowest BCUT2D eigenvalue weighted by Crippen LogP contribution is -2.19. The topological polar surface area (TPSA) is 88.0 Å². The van der Waals surface area contributed by atoms with E-state index in [0.29, 0.717) is 11.1 Å². The Hall–Kier alpha value is -3.59. The third-order valence-corrected chi connectivity index (χ3v) is 4.17. The summed E-state index contributed by atoms with van der Waals surface area (Å²) in [4.78, 5) is 22.9. The van der Waals surface area contributed by atoms with E-state index in [9.17, 15) is 14.9 Å². The number of nitriles is 1. The van der Waals surface area contributed by atoms with Crippen molar-refractivity contribution in [3.05, 3.63) is 69.6 Å². The van der Waals surface area contributed by atoms with Gasteiger partial charge in [-0.05, 0) is 41.5 Å². The average Bonchev–Trinajstić information content (AvgIpc) is 2.84. The Morgan fingerprint density at radius 3 is 2.24 bits per heavy atom. The highest BCUT2D eigenvalue weighted by atomic mass is 16.4. The summed E-state index contributed by atoms with van der Waals surface area (Å²) in [7, 11) is 3.42. The maximum atomic E-state index is 12.0. The molecule has 6 heteroatoms. The van der Waals surface area contributed by atoms with E-state index in [0.717, 1.165) is 16.6 Å². The van der Waals surface area contributed by atoms with Crippen LogP contribution in [0.2, 0.25) is 0 Å². The van der Waals surface area contributed by atoms with E-state index in [1.54, 1.807) is 41.4 Å². The monoisotopic (exact) mass is 333 g/mol. The van der Waals surface area contributed by atoms with Crippen LogP contribution in [0.3, 0.4) is 0 Å². The highest BCUT2D eigenvalue weighted by Gasteiger charge is 2.09. The van der Waals surface area contributed by atoms with Crippen molar-refractivity contribution in [1.29, 1.82) is 5.26 Å². The molecule has 124 valence electrons. The van der Waals surface area contributed by atoms with Gasteiger partial charge >= 0.3 is 11.7 Å². The highest BCUT2D eigenvalue weighted by Crippen LogP contribution is 2.21. The summed E-state index contributed by atoms with van der Waals surface area (Å²) in [6.07, 6.45) is 1.71. The number of hydrogen-bond donors (Lipinski definition) is 1. The Labute approximate surface area is 143 Å². The standard InChI is InChI=1S/C19H15N3O3/c1-21-16-8-3-12(10-17(16)22(2)19(21)25)9-15(11-20)13-4-6-14(7-5-13)18(23)24/h3-10H,1-2H3,(H,23,24)/b15-9+. The van der Waals surface area contributed by atoms with E-state index in [1.807, 2.05) is 18.2 Å². The van der Waals surface area contributed by atoms with Crippen LogP contribution in [0, 0.1) is 11.3 Å². The molecule has 0 radical (unpaired) electrons. The zero-order valence-corrected chi connectivity index (χ0v) is 13.7. The van der Waals surface area contributed by atoms with Crippen molar-refractivity contribution in [3.63, 3.8) is 0 Å². The van der Waals surface area contributed by atoms with Crippen LogP contribution in [0.1, 0.15) is 21.5 Å². The van der Waals surface area contributed by atoms with Crippen molar-refractivity contribution in [2.24, 2.45) is 14.1 Å². The number of rotatable bonds is 3. The molecule has 6 nitrogen and oxygen atoms in total. The number of benzene rings is 2. The molecule has 0 atom stereocenters. The maximum absolute atomic E-state index is 12.0. The fraction of sp³-hybridized carbons (Fsp3) is 0.105. The fourth-order valence-electron chi connectivity index (χ4n) is 2.75. The molecule has 3 aromatic rings. The smallest absolute Gasteiger partial charge is 0.335 e. The van der Waals surface area contributed by atoms with Crippen LogP contribution in [0.4, 0.5) is 0 Å². The second-order valence-electron chi connectivity index (χ2n) is 5.70. The molecule has 0 amide bonds. The fourth-order valence-corrected chi connectivity index (χ4v) is 2.75. The molecule has 0 unspecified atom stereocenters. The molecular formula is C19H15N3O3. The lowest BCUT2D eigenvalue weighted by atomic mass is 10.0. The molecule has 25 heavy (non-hydrogen) atoms. The van der Waals surface area contributed by atoms with Crippen LogP contribution >= 0.6 is 0 Å². The number of carboxylic acid groups (broad SMARTS) is 1. The summed E-state index contributed by atoms with van der Waals surface area (Å²) < 4.78 is 3.12. The van der Waals surface area contributed by atoms with Crippen molar-refractivity contribution < 1.29 is 9.90 Å². The molecular weight excluding hydrogens is 318 g/mol. The quantitative estimate of drug-likeness (QED) is 0.589. The SMILES string of the molecule is Cn1c(=O)n(C)c2cc(/C=C(\C#N)c3ccc(C(=O)O)cc3)ccc21. The van der Waals surface area contributed by atoms with E-state index < -0.39 is 5.97 Å². The van der Waals surface area contributed by atoms with Gasteiger partial charge in [-0.25, -0.2) is 9.59 Å². The molecule has 0 aliphatic carbocycles. The van der Waals surface area contributed by atoms with Gasteiger partial charge in [-0.2, -0.15) is 5.26 Å². The average molecular weight is 333 g/mol. The highest BCUT2D eigenvalue weighted by molar-refractivity contribution is 5.93. The van der Waals surface area contributed by atoms with Crippen molar-refractivity contribution in [2.45, 2.75) is 0 Å². The second kappa shape index (κ2) is 6.13. The molecule has 3 rings (SSSR count). The van der Waals surface area contributed by atoms with Gasteiger partial charge in [0.1, 0.15) is 0 Å². The number of carbonyl (C=O) groups is 1. The van der Waals surface area contributed by atoms with Gasteiger partial charge in [0.15, 0.2) is 0 Å². The van der Waals surface area contributed by atoms with Crippen molar-refractivity contribution in [3.8, 4) is 6.07 Å². The number of carboxylic acids is 1.